The molecular weight excluding hydrogens is 504 g/mol. The number of hydrogen-bond acceptors (Lipinski definition) is 6. The van der Waals surface area contributed by atoms with E-state index < -0.39 is 11.8 Å². The minimum Gasteiger partial charge on any atom is -0.484 e. The summed E-state index contributed by atoms with van der Waals surface area (Å²) < 4.78 is 11.9. The summed E-state index contributed by atoms with van der Waals surface area (Å²) in [4.78, 5) is 35.7. The molecule has 0 radical (unpaired) electrons. The van der Waals surface area contributed by atoms with Crippen LogP contribution in [0.5, 0.6) is 5.75 Å². The standard InChI is InChI=1S/C24H29BrN4O5/c1-16(2)33-11-5-10-26-23(31)24(32)29-27-14-18-6-4-7-20(13-18)34-15-22(30)28-19-8-9-21(25)17(3)12-19/h4,6-9,12-14,16H,5,10-11,15H2,1-3H3,(H,26,31)(H,28,30)(H,29,32)/b27-14-. The normalized spacial score (nSPS) is 10.9. The number of hydrazone groups is 1. The first kappa shape index (κ1) is 27.0. The van der Waals surface area contributed by atoms with Crippen LogP contribution in [-0.4, -0.2) is 49.8 Å². The molecule has 0 spiro atoms. The van der Waals surface area contributed by atoms with E-state index in [1.165, 1.54) is 6.21 Å². The summed E-state index contributed by atoms with van der Waals surface area (Å²) in [5.74, 6) is -1.48. The highest BCUT2D eigenvalue weighted by Gasteiger charge is 2.11. The maximum Gasteiger partial charge on any atom is 0.329 e. The van der Waals surface area contributed by atoms with E-state index in [1.54, 1.807) is 30.3 Å². The minimum absolute atomic E-state index is 0.121. The molecule has 3 amide bonds. The molecule has 0 saturated heterocycles. The molecule has 3 N–H and O–H groups in total. The fraction of sp³-hybridized carbons (Fsp3) is 0.333. The van der Waals surface area contributed by atoms with Crippen LogP contribution in [0.3, 0.4) is 0 Å². The zero-order valence-electron chi connectivity index (χ0n) is 19.4. The van der Waals surface area contributed by atoms with Crippen molar-refractivity contribution in [2.24, 2.45) is 5.10 Å². The number of carbonyl (C=O) groups is 3. The van der Waals surface area contributed by atoms with Gasteiger partial charge in [-0.15, -0.1) is 0 Å². The first-order valence-electron chi connectivity index (χ1n) is 10.8. The highest BCUT2D eigenvalue weighted by atomic mass is 79.9. The Morgan fingerprint density at radius 3 is 2.65 bits per heavy atom. The van der Waals surface area contributed by atoms with Crippen LogP contribution in [-0.2, 0) is 19.1 Å². The summed E-state index contributed by atoms with van der Waals surface area (Å²) in [7, 11) is 0. The third-order valence-corrected chi connectivity index (χ3v) is 5.20. The van der Waals surface area contributed by atoms with Gasteiger partial charge in [0.05, 0.1) is 12.3 Å². The van der Waals surface area contributed by atoms with Crippen molar-refractivity contribution >= 4 is 45.6 Å². The number of nitrogens with zero attached hydrogens (tertiary/aromatic N) is 1. The Morgan fingerprint density at radius 2 is 1.91 bits per heavy atom. The first-order valence-corrected chi connectivity index (χ1v) is 11.6. The highest BCUT2D eigenvalue weighted by molar-refractivity contribution is 9.10. The molecule has 9 nitrogen and oxygen atoms in total. The zero-order chi connectivity index (χ0) is 24.9. The molecule has 0 saturated carbocycles. The van der Waals surface area contributed by atoms with Crippen LogP contribution in [0.15, 0.2) is 52.0 Å². The van der Waals surface area contributed by atoms with Gasteiger partial charge in [-0.3, -0.25) is 14.4 Å². The number of hydrogen-bond donors (Lipinski definition) is 3. The van der Waals surface area contributed by atoms with Gasteiger partial charge in [0.2, 0.25) is 0 Å². The van der Waals surface area contributed by atoms with Crippen molar-refractivity contribution < 1.29 is 23.9 Å². The number of amides is 3. The molecule has 0 heterocycles. The third kappa shape index (κ3) is 10.1. The predicted molar refractivity (Wildman–Crippen MR) is 134 cm³/mol. The number of ether oxygens (including phenoxy) is 2. The van der Waals surface area contributed by atoms with Gasteiger partial charge in [0.1, 0.15) is 5.75 Å². The fourth-order valence-electron chi connectivity index (χ4n) is 2.64. The van der Waals surface area contributed by atoms with E-state index in [9.17, 15) is 14.4 Å². The average molecular weight is 533 g/mol. The van der Waals surface area contributed by atoms with E-state index >= 15 is 0 Å². The monoisotopic (exact) mass is 532 g/mol. The lowest BCUT2D eigenvalue weighted by molar-refractivity contribution is -0.139. The topological polar surface area (TPSA) is 118 Å². The van der Waals surface area contributed by atoms with Gasteiger partial charge in [0.15, 0.2) is 6.61 Å². The van der Waals surface area contributed by atoms with Gasteiger partial charge < -0.3 is 20.1 Å². The molecule has 0 fully saturated rings. The van der Waals surface area contributed by atoms with Crippen LogP contribution >= 0.6 is 15.9 Å². The maximum atomic E-state index is 12.2. The Hall–Kier alpha value is -3.24. The van der Waals surface area contributed by atoms with Gasteiger partial charge in [-0.1, -0.05) is 28.1 Å². The largest absolute Gasteiger partial charge is 0.484 e. The van der Waals surface area contributed by atoms with E-state index in [1.807, 2.05) is 32.9 Å². The molecule has 0 atom stereocenters. The Kier molecular flexibility index (Phi) is 11.2. The molecule has 0 unspecified atom stereocenters. The smallest absolute Gasteiger partial charge is 0.329 e. The molecule has 0 aliphatic heterocycles. The summed E-state index contributed by atoms with van der Waals surface area (Å²) in [6.45, 7) is 6.44. The minimum atomic E-state index is -0.867. The summed E-state index contributed by atoms with van der Waals surface area (Å²) in [5, 5.41) is 9.06. The van der Waals surface area contributed by atoms with Crippen LogP contribution in [0.4, 0.5) is 5.69 Å². The number of rotatable bonds is 11. The van der Waals surface area contributed by atoms with Crippen LogP contribution in [0.1, 0.15) is 31.4 Å². The lowest BCUT2D eigenvalue weighted by Crippen LogP contribution is -2.38. The third-order valence-electron chi connectivity index (χ3n) is 4.31. The molecule has 0 aliphatic rings. The molecule has 0 aliphatic carbocycles. The predicted octanol–water partition coefficient (Wildman–Crippen LogP) is 3.16. The molecule has 34 heavy (non-hydrogen) atoms. The second-order valence-corrected chi connectivity index (χ2v) is 8.46. The molecule has 2 rings (SSSR count). The van der Waals surface area contributed by atoms with Crippen molar-refractivity contribution in [3.05, 3.63) is 58.1 Å². The van der Waals surface area contributed by atoms with Gasteiger partial charge in [-0.05, 0) is 68.7 Å². The summed E-state index contributed by atoms with van der Waals surface area (Å²) in [6, 6.07) is 12.3. The van der Waals surface area contributed by atoms with Crippen molar-refractivity contribution in [2.45, 2.75) is 33.3 Å². The number of nitrogens with one attached hydrogen (secondary N) is 3. The lowest BCUT2D eigenvalue weighted by Gasteiger charge is -2.09. The van der Waals surface area contributed by atoms with Gasteiger partial charge in [0, 0.05) is 23.3 Å². The number of benzene rings is 2. The van der Waals surface area contributed by atoms with Gasteiger partial charge in [0.25, 0.3) is 5.91 Å². The van der Waals surface area contributed by atoms with Crippen LogP contribution < -0.4 is 20.8 Å². The molecule has 2 aromatic rings. The number of carbonyl (C=O) groups excluding carboxylic acids is 3. The van der Waals surface area contributed by atoms with Crippen LogP contribution in [0, 0.1) is 6.92 Å². The fourth-order valence-corrected chi connectivity index (χ4v) is 2.89. The number of anilines is 1. The molecule has 0 bridgehead atoms. The Bertz CT molecular complexity index is 1030. The summed E-state index contributed by atoms with van der Waals surface area (Å²) >= 11 is 3.42. The van der Waals surface area contributed by atoms with Crippen molar-refractivity contribution in [3.63, 3.8) is 0 Å². The van der Waals surface area contributed by atoms with E-state index in [0.29, 0.717) is 36.6 Å². The average Bonchev–Trinajstić information content (AvgIpc) is 2.80. The number of halogens is 1. The van der Waals surface area contributed by atoms with Crippen LogP contribution in [0.2, 0.25) is 0 Å². The second kappa shape index (κ2) is 14.1. The first-order chi connectivity index (χ1) is 16.2. The SMILES string of the molecule is Cc1cc(NC(=O)COc2cccc(/C=N\NC(=O)C(=O)NCCCOC(C)C)c2)ccc1Br. The number of aryl methyl sites for hydroxylation is 1. The van der Waals surface area contributed by atoms with Crippen molar-refractivity contribution in [3.8, 4) is 5.75 Å². The molecule has 182 valence electrons. The summed E-state index contributed by atoms with van der Waals surface area (Å²) in [6.07, 6.45) is 2.10. The Labute approximate surface area is 207 Å². The van der Waals surface area contributed by atoms with Crippen molar-refractivity contribution in [2.75, 3.05) is 25.1 Å². The molecular formula is C24H29BrN4O5. The van der Waals surface area contributed by atoms with Crippen LogP contribution in [0.25, 0.3) is 0 Å². The summed E-state index contributed by atoms with van der Waals surface area (Å²) in [5.41, 5.74) is 4.48. The molecule has 10 heteroatoms. The van der Waals surface area contributed by atoms with Gasteiger partial charge >= 0.3 is 11.8 Å². The van der Waals surface area contributed by atoms with Crippen molar-refractivity contribution in [1.82, 2.24) is 10.7 Å². The van der Waals surface area contributed by atoms with Gasteiger partial charge in [-0.25, -0.2) is 5.43 Å². The lowest BCUT2D eigenvalue weighted by atomic mass is 10.2. The molecule has 2 aromatic carbocycles. The van der Waals surface area contributed by atoms with E-state index in [4.69, 9.17) is 9.47 Å². The molecule has 0 aromatic heterocycles. The van der Waals surface area contributed by atoms with E-state index in [0.717, 1.165) is 10.0 Å². The second-order valence-electron chi connectivity index (χ2n) is 7.60. The van der Waals surface area contributed by atoms with E-state index in [2.05, 4.69) is 37.1 Å². The Balaban J connectivity index is 1.75. The zero-order valence-corrected chi connectivity index (χ0v) is 21.0. The highest BCUT2D eigenvalue weighted by Crippen LogP contribution is 2.20. The van der Waals surface area contributed by atoms with Gasteiger partial charge in [-0.2, -0.15) is 5.10 Å². The Morgan fingerprint density at radius 1 is 1.12 bits per heavy atom. The quantitative estimate of drug-likeness (QED) is 0.178. The van der Waals surface area contributed by atoms with Crippen molar-refractivity contribution in [1.29, 1.82) is 0 Å². The maximum absolute atomic E-state index is 12.2. The van der Waals surface area contributed by atoms with E-state index in [-0.39, 0.29) is 18.6 Å².